The van der Waals surface area contributed by atoms with Crippen molar-refractivity contribution in [3.63, 3.8) is 0 Å². The van der Waals surface area contributed by atoms with Gasteiger partial charge in [-0.05, 0) is 13.5 Å². The summed E-state index contributed by atoms with van der Waals surface area (Å²) in [4.78, 5) is 2.22. The standard InChI is InChI=1S/C8H17NO2/c1-9-5-4-7(10-2)6-8(9)11-3/h7-8H,4-6H2,1-3H3. The van der Waals surface area contributed by atoms with Crippen LogP contribution in [-0.2, 0) is 9.47 Å². The van der Waals surface area contributed by atoms with E-state index in [1.54, 1.807) is 14.2 Å². The number of nitrogens with zero attached hydrogens (tertiary/aromatic N) is 1. The first-order chi connectivity index (χ1) is 5.27. The van der Waals surface area contributed by atoms with Crippen molar-refractivity contribution < 1.29 is 9.47 Å². The fourth-order valence-electron chi connectivity index (χ4n) is 1.50. The molecule has 0 bridgehead atoms. The van der Waals surface area contributed by atoms with Crippen molar-refractivity contribution in [3.05, 3.63) is 0 Å². The van der Waals surface area contributed by atoms with E-state index in [-0.39, 0.29) is 6.23 Å². The Morgan fingerprint density at radius 2 is 2.00 bits per heavy atom. The number of hydrogen-bond acceptors (Lipinski definition) is 3. The molecule has 2 unspecified atom stereocenters. The molecule has 0 spiro atoms. The summed E-state index contributed by atoms with van der Waals surface area (Å²) in [7, 11) is 5.60. The summed E-state index contributed by atoms with van der Waals surface area (Å²) in [6, 6.07) is 0. The van der Waals surface area contributed by atoms with Gasteiger partial charge in [-0.25, -0.2) is 0 Å². The zero-order valence-corrected chi connectivity index (χ0v) is 7.54. The first-order valence-corrected chi connectivity index (χ1v) is 4.03. The smallest absolute Gasteiger partial charge is 0.112 e. The van der Waals surface area contributed by atoms with Gasteiger partial charge in [-0.1, -0.05) is 0 Å². The van der Waals surface area contributed by atoms with Crippen molar-refractivity contribution in [3.8, 4) is 0 Å². The third-order valence-electron chi connectivity index (χ3n) is 2.37. The van der Waals surface area contributed by atoms with Gasteiger partial charge in [-0.3, -0.25) is 4.90 Å². The second-order valence-electron chi connectivity index (χ2n) is 3.05. The molecule has 0 aliphatic carbocycles. The highest BCUT2D eigenvalue weighted by Crippen LogP contribution is 2.17. The second-order valence-corrected chi connectivity index (χ2v) is 3.05. The van der Waals surface area contributed by atoms with Crippen LogP contribution in [-0.4, -0.2) is 45.0 Å². The lowest BCUT2D eigenvalue weighted by molar-refractivity contribution is -0.0875. The molecule has 0 aromatic rings. The van der Waals surface area contributed by atoms with Crippen LogP contribution in [0.15, 0.2) is 0 Å². The van der Waals surface area contributed by atoms with Crippen molar-refractivity contribution in [2.75, 3.05) is 27.8 Å². The molecule has 1 rings (SSSR count). The summed E-state index contributed by atoms with van der Waals surface area (Å²) in [5, 5.41) is 0. The molecular weight excluding hydrogens is 142 g/mol. The van der Waals surface area contributed by atoms with Gasteiger partial charge in [0.25, 0.3) is 0 Å². The number of piperidine rings is 1. The van der Waals surface area contributed by atoms with Crippen molar-refractivity contribution >= 4 is 0 Å². The average Bonchev–Trinajstić information content (AvgIpc) is 2.05. The van der Waals surface area contributed by atoms with Crippen molar-refractivity contribution in [1.29, 1.82) is 0 Å². The zero-order valence-electron chi connectivity index (χ0n) is 7.54. The topological polar surface area (TPSA) is 21.7 Å². The summed E-state index contributed by atoms with van der Waals surface area (Å²) < 4.78 is 10.5. The van der Waals surface area contributed by atoms with E-state index in [2.05, 4.69) is 11.9 Å². The molecule has 3 nitrogen and oxygen atoms in total. The van der Waals surface area contributed by atoms with Crippen LogP contribution < -0.4 is 0 Å². The number of rotatable bonds is 2. The summed E-state index contributed by atoms with van der Waals surface area (Å²) in [5.74, 6) is 0. The quantitative estimate of drug-likeness (QED) is 0.592. The molecule has 1 aliphatic rings. The van der Waals surface area contributed by atoms with Gasteiger partial charge in [0.2, 0.25) is 0 Å². The molecule has 1 heterocycles. The van der Waals surface area contributed by atoms with Crippen molar-refractivity contribution in [1.82, 2.24) is 4.90 Å². The summed E-state index contributed by atoms with van der Waals surface area (Å²) in [5.41, 5.74) is 0. The molecule has 1 aliphatic heterocycles. The number of hydrogen-bond donors (Lipinski definition) is 0. The lowest BCUT2D eigenvalue weighted by atomic mass is 10.1. The minimum Gasteiger partial charge on any atom is -0.381 e. The zero-order chi connectivity index (χ0) is 8.27. The fourth-order valence-corrected chi connectivity index (χ4v) is 1.50. The van der Waals surface area contributed by atoms with Crippen LogP contribution in [0.4, 0.5) is 0 Å². The number of ether oxygens (including phenoxy) is 2. The maximum Gasteiger partial charge on any atom is 0.112 e. The average molecular weight is 159 g/mol. The molecule has 0 aromatic carbocycles. The van der Waals surface area contributed by atoms with Crippen LogP contribution in [0.1, 0.15) is 12.8 Å². The van der Waals surface area contributed by atoms with E-state index in [0.717, 1.165) is 19.4 Å². The monoisotopic (exact) mass is 159 g/mol. The first-order valence-electron chi connectivity index (χ1n) is 4.03. The van der Waals surface area contributed by atoms with Crippen molar-refractivity contribution in [2.24, 2.45) is 0 Å². The van der Waals surface area contributed by atoms with Gasteiger partial charge in [0, 0.05) is 27.2 Å². The predicted molar refractivity (Wildman–Crippen MR) is 43.5 cm³/mol. The number of methoxy groups -OCH3 is 2. The van der Waals surface area contributed by atoms with E-state index in [1.165, 1.54) is 0 Å². The Morgan fingerprint density at radius 1 is 1.27 bits per heavy atom. The third kappa shape index (κ3) is 2.15. The van der Waals surface area contributed by atoms with Gasteiger partial charge in [-0.15, -0.1) is 0 Å². The van der Waals surface area contributed by atoms with Crippen LogP contribution in [0, 0.1) is 0 Å². The van der Waals surface area contributed by atoms with Gasteiger partial charge in [-0.2, -0.15) is 0 Å². The van der Waals surface area contributed by atoms with E-state index in [1.807, 2.05) is 0 Å². The fraction of sp³-hybridized carbons (Fsp3) is 1.00. The van der Waals surface area contributed by atoms with Crippen molar-refractivity contribution in [2.45, 2.75) is 25.2 Å². The van der Waals surface area contributed by atoms with Crippen LogP contribution in [0.3, 0.4) is 0 Å². The maximum atomic E-state index is 5.28. The summed E-state index contributed by atoms with van der Waals surface area (Å²) in [6.45, 7) is 1.07. The Balaban J connectivity index is 2.37. The SMILES string of the molecule is COC1CCN(C)C(OC)C1. The highest BCUT2D eigenvalue weighted by molar-refractivity contribution is 4.73. The third-order valence-corrected chi connectivity index (χ3v) is 2.37. The largest absolute Gasteiger partial charge is 0.381 e. The Bertz CT molecular complexity index is 119. The lowest BCUT2D eigenvalue weighted by Crippen LogP contribution is -2.43. The van der Waals surface area contributed by atoms with Crippen LogP contribution in [0.25, 0.3) is 0 Å². The molecule has 0 aromatic heterocycles. The van der Waals surface area contributed by atoms with Gasteiger partial charge in [0.05, 0.1) is 6.10 Å². The van der Waals surface area contributed by atoms with E-state index in [4.69, 9.17) is 9.47 Å². The van der Waals surface area contributed by atoms with Crippen LogP contribution >= 0.6 is 0 Å². The van der Waals surface area contributed by atoms with E-state index in [9.17, 15) is 0 Å². The van der Waals surface area contributed by atoms with E-state index in [0.29, 0.717) is 6.10 Å². The van der Waals surface area contributed by atoms with Gasteiger partial charge in [0.15, 0.2) is 0 Å². The molecule has 11 heavy (non-hydrogen) atoms. The minimum absolute atomic E-state index is 0.244. The number of likely N-dealkylation sites (tertiary alicyclic amines) is 1. The van der Waals surface area contributed by atoms with Crippen LogP contribution in [0.5, 0.6) is 0 Å². The second kappa shape index (κ2) is 4.04. The molecule has 66 valence electrons. The molecule has 0 saturated carbocycles. The molecule has 1 saturated heterocycles. The molecule has 0 N–H and O–H groups in total. The molecule has 2 atom stereocenters. The molecule has 1 fully saturated rings. The van der Waals surface area contributed by atoms with Gasteiger partial charge >= 0.3 is 0 Å². The van der Waals surface area contributed by atoms with E-state index >= 15 is 0 Å². The predicted octanol–water partition coefficient (Wildman–Crippen LogP) is 0.699. The maximum absolute atomic E-state index is 5.28. The Morgan fingerprint density at radius 3 is 2.55 bits per heavy atom. The summed E-state index contributed by atoms with van der Waals surface area (Å²) in [6.07, 6.45) is 2.74. The Hall–Kier alpha value is -0.120. The lowest BCUT2D eigenvalue weighted by Gasteiger charge is -2.35. The molecule has 0 radical (unpaired) electrons. The molecule has 3 heteroatoms. The van der Waals surface area contributed by atoms with E-state index < -0.39 is 0 Å². The normalized spacial score (nSPS) is 34.1. The molecular formula is C8H17NO2. The molecule has 0 amide bonds. The Labute approximate surface area is 68.3 Å². The van der Waals surface area contributed by atoms with Crippen LogP contribution in [0.2, 0.25) is 0 Å². The Kier molecular flexibility index (Phi) is 3.30. The van der Waals surface area contributed by atoms with Gasteiger partial charge < -0.3 is 9.47 Å². The summed E-state index contributed by atoms with van der Waals surface area (Å²) >= 11 is 0. The highest BCUT2D eigenvalue weighted by Gasteiger charge is 2.25. The van der Waals surface area contributed by atoms with Gasteiger partial charge in [0.1, 0.15) is 6.23 Å². The first kappa shape index (κ1) is 8.97. The highest BCUT2D eigenvalue weighted by atomic mass is 16.5. The minimum atomic E-state index is 0.244.